The summed E-state index contributed by atoms with van der Waals surface area (Å²) in [5, 5.41) is 3.37. The number of ether oxygens (including phenoxy) is 2. The van der Waals surface area contributed by atoms with Gasteiger partial charge in [-0.15, -0.1) is 0 Å². The molecule has 0 radical (unpaired) electrons. The molecule has 0 saturated carbocycles. The van der Waals surface area contributed by atoms with Crippen LogP contribution < -0.4 is 14.8 Å². The Bertz CT molecular complexity index is 936. The van der Waals surface area contributed by atoms with Crippen LogP contribution in [0.2, 0.25) is 0 Å². The van der Waals surface area contributed by atoms with Gasteiger partial charge in [0.05, 0.1) is 5.39 Å². The maximum absolute atomic E-state index is 13.0. The average Bonchev–Trinajstić information content (AvgIpc) is 3.11. The Morgan fingerprint density at radius 2 is 1.92 bits per heavy atom. The highest BCUT2D eigenvalue weighted by molar-refractivity contribution is 5.90. The molecule has 6 nitrogen and oxygen atoms in total. The average molecular weight is 336 g/mol. The van der Waals surface area contributed by atoms with Crippen molar-refractivity contribution in [1.29, 1.82) is 0 Å². The van der Waals surface area contributed by atoms with Gasteiger partial charge in [0.1, 0.15) is 11.5 Å². The number of anilines is 2. The molecule has 0 bridgehead atoms. The molecule has 0 aliphatic carbocycles. The van der Waals surface area contributed by atoms with E-state index in [1.54, 1.807) is 31.2 Å². The fourth-order valence-corrected chi connectivity index (χ4v) is 2.47. The van der Waals surface area contributed by atoms with Gasteiger partial charge in [0, 0.05) is 17.4 Å². The van der Waals surface area contributed by atoms with E-state index < -0.39 is 12.0 Å². The molecule has 124 valence electrons. The maximum Gasteiger partial charge on any atom is 0.451 e. The number of aromatic amines is 1. The van der Waals surface area contributed by atoms with E-state index in [1.165, 1.54) is 0 Å². The second-order valence-electron chi connectivity index (χ2n) is 5.30. The van der Waals surface area contributed by atoms with Gasteiger partial charge in [0.25, 0.3) is 0 Å². The summed E-state index contributed by atoms with van der Waals surface area (Å²) in [6.07, 6.45) is -4.64. The van der Waals surface area contributed by atoms with Crippen LogP contribution in [0.5, 0.6) is 11.5 Å². The van der Waals surface area contributed by atoms with Gasteiger partial charge in [-0.2, -0.15) is 13.2 Å². The van der Waals surface area contributed by atoms with Crippen molar-refractivity contribution in [3.63, 3.8) is 0 Å². The predicted molar refractivity (Wildman–Crippen MR) is 79.5 cm³/mol. The first kappa shape index (κ1) is 14.6. The smallest absolute Gasteiger partial charge is 0.451 e. The van der Waals surface area contributed by atoms with Crippen molar-refractivity contribution in [2.75, 3.05) is 12.1 Å². The monoisotopic (exact) mass is 336 g/mol. The molecule has 0 amide bonds. The molecular weight excluding hydrogens is 325 g/mol. The Morgan fingerprint density at radius 1 is 1.12 bits per heavy atom. The van der Waals surface area contributed by atoms with Crippen LogP contribution in [-0.2, 0) is 6.18 Å². The second-order valence-corrected chi connectivity index (χ2v) is 5.30. The zero-order chi connectivity index (χ0) is 16.9. The molecule has 3 aromatic rings. The lowest BCUT2D eigenvalue weighted by Crippen LogP contribution is -2.12. The molecule has 0 spiro atoms. The molecule has 2 N–H and O–H groups in total. The van der Waals surface area contributed by atoms with Crippen LogP contribution >= 0.6 is 0 Å². The number of nitrogens with one attached hydrogen (secondary N) is 2. The normalized spacial score (nSPS) is 13.5. The van der Waals surface area contributed by atoms with Crippen molar-refractivity contribution in [1.82, 2.24) is 15.0 Å². The van der Waals surface area contributed by atoms with E-state index in [4.69, 9.17) is 9.47 Å². The van der Waals surface area contributed by atoms with Gasteiger partial charge in [-0.05, 0) is 25.1 Å². The van der Waals surface area contributed by atoms with Crippen LogP contribution in [0.25, 0.3) is 11.0 Å². The standard InChI is InChI=1S/C15H11F3N4O2/c1-7-4-9-12(19-7)21-14(15(16,17)18)22-13(9)20-8-2-3-10-11(5-8)24-6-23-10/h2-5H,6H2,1H3,(H2,19,20,21,22). The highest BCUT2D eigenvalue weighted by Gasteiger charge is 2.36. The van der Waals surface area contributed by atoms with Crippen molar-refractivity contribution >= 4 is 22.5 Å². The number of H-pyrrole nitrogens is 1. The van der Waals surface area contributed by atoms with E-state index in [2.05, 4.69) is 20.3 Å². The van der Waals surface area contributed by atoms with Crippen LogP contribution in [-0.4, -0.2) is 21.7 Å². The largest absolute Gasteiger partial charge is 0.454 e. The predicted octanol–water partition coefficient (Wildman–Crippen LogP) is 3.76. The van der Waals surface area contributed by atoms with Gasteiger partial charge in [0.15, 0.2) is 11.5 Å². The Hall–Kier alpha value is -2.97. The lowest BCUT2D eigenvalue weighted by molar-refractivity contribution is -0.144. The third kappa shape index (κ3) is 2.47. The molecule has 3 heterocycles. The second kappa shape index (κ2) is 5.02. The van der Waals surface area contributed by atoms with E-state index >= 15 is 0 Å². The maximum atomic E-state index is 13.0. The van der Waals surface area contributed by atoms with Crippen LogP contribution in [0.1, 0.15) is 11.5 Å². The van der Waals surface area contributed by atoms with Gasteiger partial charge >= 0.3 is 6.18 Å². The lowest BCUT2D eigenvalue weighted by atomic mass is 10.2. The Kier molecular flexibility index (Phi) is 3.05. The lowest BCUT2D eigenvalue weighted by Gasteiger charge is -2.11. The number of aromatic nitrogens is 3. The summed E-state index contributed by atoms with van der Waals surface area (Å²) < 4.78 is 49.5. The van der Waals surface area contributed by atoms with E-state index in [1.807, 2.05) is 0 Å². The van der Waals surface area contributed by atoms with Crippen LogP contribution in [0, 0.1) is 6.92 Å². The molecule has 1 aromatic carbocycles. The number of halogens is 3. The summed E-state index contributed by atoms with van der Waals surface area (Å²) in [7, 11) is 0. The summed E-state index contributed by atoms with van der Waals surface area (Å²) >= 11 is 0. The molecule has 0 saturated heterocycles. The number of nitrogens with zero attached hydrogens (tertiary/aromatic N) is 2. The number of hydrogen-bond acceptors (Lipinski definition) is 5. The first-order valence-corrected chi connectivity index (χ1v) is 7.01. The molecule has 0 unspecified atom stereocenters. The van der Waals surface area contributed by atoms with Gasteiger partial charge in [-0.3, -0.25) is 0 Å². The molecular formula is C15H11F3N4O2. The highest BCUT2D eigenvalue weighted by Crippen LogP contribution is 2.36. The fourth-order valence-electron chi connectivity index (χ4n) is 2.47. The quantitative estimate of drug-likeness (QED) is 0.745. The van der Waals surface area contributed by atoms with Gasteiger partial charge in [0.2, 0.25) is 12.6 Å². The molecule has 24 heavy (non-hydrogen) atoms. The third-order valence-corrected chi connectivity index (χ3v) is 3.51. The van der Waals surface area contributed by atoms with Gasteiger partial charge in [-0.25, -0.2) is 9.97 Å². The van der Waals surface area contributed by atoms with Crippen molar-refractivity contribution in [3.8, 4) is 11.5 Å². The van der Waals surface area contributed by atoms with Crippen molar-refractivity contribution in [2.24, 2.45) is 0 Å². The van der Waals surface area contributed by atoms with Crippen LogP contribution in [0.3, 0.4) is 0 Å². The Morgan fingerprint density at radius 3 is 2.71 bits per heavy atom. The van der Waals surface area contributed by atoms with E-state index in [-0.39, 0.29) is 18.3 Å². The summed E-state index contributed by atoms with van der Waals surface area (Å²) in [5.74, 6) is -0.0379. The fraction of sp³-hybridized carbons (Fsp3) is 0.200. The molecule has 1 aliphatic rings. The first-order valence-electron chi connectivity index (χ1n) is 7.01. The minimum absolute atomic E-state index is 0.0653. The zero-order valence-electron chi connectivity index (χ0n) is 12.4. The van der Waals surface area contributed by atoms with Gasteiger partial charge < -0.3 is 19.8 Å². The van der Waals surface area contributed by atoms with Crippen molar-refractivity contribution < 1.29 is 22.6 Å². The number of benzene rings is 1. The summed E-state index contributed by atoms with van der Waals surface area (Å²) in [6.45, 7) is 1.85. The molecule has 2 aromatic heterocycles. The minimum Gasteiger partial charge on any atom is -0.454 e. The Labute approximate surface area is 133 Å². The molecule has 4 rings (SSSR count). The topological polar surface area (TPSA) is 72.1 Å². The molecule has 9 heteroatoms. The SMILES string of the molecule is Cc1cc2c(Nc3ccc4c(c3)OCO4)nc(C(F)(F)F)nc2[nH]1. The minimum atomic E-state index is -4.64. The Balaban J connectivity index is 1.80. The number of fused-ring (bicyclic) bond motifs is 2. The molecule has 0 atom stereocenters. The van der Waals surface area contributed by atoms with Gasteiger partial charge in [-0.1, -0.05) is 0 Å². The molecule has 1 aliphatic heterocycles. The van der Waals surface area contributed by atoms with Crippen molar-refractivity contribution in [2.45, 2.75) is 13.1 Å². The summed E-state index contributed by atoms with van der Waals surface area (Å²) in [6, 6.07) is 6.68. The zero-order valence-corrected chi connectivity index (χ0v) is 12.4. The van der Waals surface area contributed by atoms with Crippen molar-refractivity contribution in [3.05, 3.63) is 35.8 Å². The summed E-state index contributed by atoms with van der Waals surface area (Å²) in [5.41, 5.74) is 1.34. The number of rotatable bonds is 2. The highest BCUT2D eigenvalue weighted by atomic mass is 19.4. The molecule has 0 fully saturated rings. The van der Waals surface area contributed by atoms with E-state index in [9.17, 15) is 13.2 Å². The van der Waals surface area contributed by atoms with Crippen LogP contribution in [0.15, 0.2) is 24.3 Å². The first-order chi connectivity index (χ1) is 11.4. The van der Waals surface area contributed by atoms with Crippen LogP contribution in [0.4, 0.5) is 24.7 Å². The summed E-state index contributed by atoms with van der Waals surface area (Å²) in [4.78, 5) is 9.99. The number of alkyl halides is 3. The number of aryl methyl sites for hydroxylation is 1. The van der Waals surface area contributed by atoms with E-state index in [0.717, 1.165) is 0 Å². The van der Waals surface area contributed by atoms with E-state index in [0.29, 0.717) is 28.3 Å². The third-order valence-electron chi connectivity index (χ3n) is 3.51. The number of hydrogen-bond donors (Lipinski definition) is 2.